The molecule has 0 aromatic carbocycles. The molecule has 2 atom stereocenters. The molecule has 74 heavy (non-hydrogen) atoms. The standard InChI is InChI=1S/C64H124NO8P/c1-6-8-10-12-14-16-18-20-22-24-25-26-27-28-29-30-31-32-33-34-35-36-37-38-39-41-43-45-47-49-51-53-55-57-64(67)73-62(61-72-74(68,69)71-59-58-65(3,4)5)60-70-63(66)56-54-52-50-48-46-44-42-40-23-21-19-17-15-13-11-9-7-2/h21,23-25,62H,6-20,22,26-61H2,1-5H3/p+1/b23-21-,25-24-. The topological polar surface area (TPSA) is 108 Å². The number of nitrogens with zero attached hydrogens (tertiary/aromatic N) is 1. The van der Waals surface area contributed by atoms with Crippen molar-refractivity contribution >= 4 is 19.8 Å². The summed E-state index contributed by atoms with van der Waals surface area (Å²) in [5, 5.41) is 0. The number of quaternary nitrogens is 1. The lowest BCUT2D eigenvalue weighted by Crippen LogP contribution is -2.37. The van der Waals surface area contributed by atoms with Crippen LogP contribution < -0.4 is 0 Å². The summed E-state index contributed by atoms with van der Waals surface area (Å²) in [7, 11) is 1.49. The van der Waals surface area contributed by atoms with Gasteiger partial charge in [-0.1, -0.05) is 269 Å². The third-order valence-corrected chi connectivity index (χ3v) is 15.4. The van der Waals surface area contributed by atoms with Crippen LogP contribution in [0.4, 0.5) is 0 Å². The van der Waals surface area contributed by atoms with E-state index in [0.29, 0.717) is 17.4 Å². The molecule has 438 valence electrons. The van der Waals surface area contributed by atoms with Gasteiger partial charge < -0.3 is 18.9 Å². The fourth-order valence-corrected chi connectivity index (χ4v) is 10.2. The summed E-state index contributed by atoms with van der Waals surface area (Å²) < 4.78 is 34.6. The van der Waals surface area contributed by atoms with Gasteiger partial charge in [0.15, 0.2) is 6.10 Å². The molecule has 2 unspecified atom stereocenters. The normalized spacial score (nSPS) is 13.3. The van der Waals surface area contributed by atoms with Gasteiger partial charge in [0.1, 0.15) is 19.8 Å². The molecule has 0 aliphatic rings. The van der Waals surface area contributed by atoms with Crippen molar-refractivity contribution in [1.29, 1.82) is 0 Å². The summed E-state index contributed by atoms with van der Waals surface area (Å²) in [5.74, 6) is -0.785. The van der Waals surface area contributed by atoms with Crippen molar-refractivity contribution < 1.29 is 42.1 Å². The first kappa shape index (κ1) is 72.5. The lowest BCUT2D eigenvalue weighted by molar-refractivity contribution is -0.870. The van der Waals surface area contributed by atoms with E-state index in [1.54, 1.807) is 0 Å². The van der Waals surface area contributed by atoms with E-state index < -0.39 is 26.5 Å². The number of phosphoric ester groups is 1. The highest BCUT2D eigenvalue weighted by atomic mass is 31.2. The van der Waals surface area contributed by atoms with Crippen molar-refractivity contribution in [2.75, 3.05) is 47.5 Å². The first-order valence-electron chi connectivity index (χ1n) is 32.1. The molecule has 0 fully saturated rings. The molecular formula is C64H125NO8P+. The number of hydrogen-bond acceptors (Lipinski definition) is 7. The van der Waals surface area contributed by atoms with Crippen LogP contribution in [0.5, 0.6) is 0 Å². The van der Waals surface area contributed by atoms with Gasteiger partial charge in [0, 0.05) is 12.8 Å². The quantitative estimate of drug-likeness (QED) is 0.0211. The van der Waals surface area contributed by atoms with Gasteiger partial charge in [0.05, 0.1) is 27.7 Å². The molecule has 0 saturated heterocycles. The maximum atomic E-state index is 12.8. The van der Waals surface area contributed by atoms with Crippen molar-refractivity contribution in [2.45, 2.75) is 328 Å². The molecule has 0 radical (unpaired) electrons. The Bertz CT molecular complexity index is 1300. The minimum atomic E-state index is -4.38. The second-order valence-corrected chi connectivity index (χ2v) is 24.6. The van der Waals surface area contributed by atoms with E-state index >= 15 is 0 Å². The van der Waals surface area contributed by atoms with Crippen molar-refractivity contribution in [2.24, 2.45) is 0 Å². The Kier molecular flexibility index (Phi) is 55.1. The molecular weight excluding hydrogens is 942 g/mol. The van der Waals surface area contributed by atoms with E-state index in [-0.39, 0.29) is 32.0 Å². The zero-order valence-electron chi connectivity index (χ0n) is 49.9. The van der Waals surface area contributed by atoms with Gasteiger partial charge in [-0.15, -0.1) is 0 Å². The molecule has 0 aromatic rings. The largest absolute Gasteiger partial charge is 0.472 e. The number of unbranched alkanes of at least 4 members (excludes halogenated alkanes) is 42. The van der Waals surface area contributed by atoms with Gasteiger partial charge in [0.2, 0.25) is 0 Å². The minimum Gasteiger partial charge on any atom is -0.462 e. The van der Waals surface area contributed by atoms with Crippen molar-refractivity contribution in [3.05, 3.63) is 24.3 Å². The molecule has 0 saturated carbocycles. The Morgan fingerprint density at radius 1 is 0.405 bits per heavy atom. The fraction of sp³-hybridized carbons (Fsp3) is 0.906. The van der Waals surface area contributed by atoms with Crippen LogP contribution in [0, 0.1) is 0 Å². The van der Waals surface area contributed by atoms with E-state index in [1.807, 2.05) is 21.1 Å². The number of hydrogen-bond donors (Lipinski definition) is 1. The Labute approximate surface area is 459 Å². The second kappa shape index (κ2) is 56.2. The first-order valence-corrected chi connectivity index (χ1v) is 33.6. The molecule has 0 aromatic heterocycles. The Morgan fingerprint density at radius 2 is 0.689 bits per heavy atom. The maximum absolute atomic E-state index is 12.8. The SMILES string of the molecule is CCCCCCCC/C=C\CCCCCCCCCC(=O)OCC(COP(=O)(O)OCC[N+](C)(C)C)OC(=O)CCCCCCCCCCCCCCCCCCCCCCC/C=C\CCCCCCCCCC. The summed E-state index contributed by atoms with van der Waals surface area (Å²) in [5.41, 5.74) is 0. The lowest BCUT2D eigenvalue weighted by atomic mass is 10.0. The highest BCUT2D eigenvalue weighted by Gasteiger charge is 2.27. The molecule has 1 N–H and O–H groups in total. The first-order chi connectivity index (χ1) is 36.0. The molecule has 9 nitrogen and oxygen atoms in total. The molecule has 0 heterocycles. The molecule has 0 aliphatic carbocycles. The number of likely N-dealkylation sites (N-methyl/N-ethyl adjacent to an activating group) is 1. The third-order valence-electron chi connectivity index (χ3n) is 14.5. The van der Waals surface area contributed by atoms with E-state index in [4.69, 9.17) is 18.5 Å². The summed E-state index contributed by atoms with van der Waals surface area (Å²) >= 11 is 0. The number of carbonyl (C=O) groups is 2. The second-order valence-electron chi connectivity index (χ2n) is 23.1. The van der Waals surface area contributed by atoms with Gasteiger partial charge >= 0.3 is 19.8 Å². The van der Waals surface area contributed by atoms with Crippen molar-refractivity contribution in [3.63, 3.8) is 0 Å². The number of carbonyl (C=O) groups excluding carboxylic acids is 2. The third kappa shape index (κ3) is 59.7. The van der Waals surface area contributed by atoms with Crippen LogP contribution in [0.15, 0.2) is 24.3 Å². The van der Waals surface area contributed by atoms with E-state index in [2.05, 4.69) is 38.2 Å². The molecule has 0 rings (SSSR count). The molecule has 0 amide bonds. The van der Waals surface area contributed by atoms with Gasteiger partial charge in [-0.3, -0.25) is 18.6 Å². The number of rotatable bonds is 60. The highest BCUT2D eigenvalue weighted by Crippen LogP contribution is 2.43. The van der Waals surface area contributed by atoms with Gasteiger partial charge in [-0.05, 0) is 64.2 Å². The molecule has 0 spiro atoms. The van der Waals surface area contributed by atoms with Gasteiger partial charge in [0.25, 0.3) is 0 Å². The van der Waals surface area contributed by atoms with E-state index in [9.17, 15) is 19.0 Å². The Hall–Kier alpha value is -1.51. The van der Waals surface area contributed by atoms with Crippen LogP contribution in [0.2, 0.25) is 0 Å². The van der Waals surface area contributed by atoms with Crippen LogP contribution >= 0.6 is 7.82 Å². The molecule has 0 bridgehead atoms. The molecule has 0 aliphatic heterocycles. The van der Waals surface area contributed by atoms with Gasteiger partial charge in [-0.2, -0.15) is 0 Å². The predicted molar refractivity (Wildman–Crippen MR) is 317 cm³/mol. The summed E-state index contributed by atoms with van der Waals surface area (Å²) in [6, 6.07) is 0. The predicted octanol–water partition coefficient (Wildman–Crippen LogP) is 20.2. The molecule has 10 heteroatoms. The number of phosphoric acid groups is 1. The zero-order chi connectivity index (χ0) is 54.2. The van der Waals surface area contributed by atoms with Crippen molar-refractivity contribution in [1.82, 2.24) is 0 Å². The monoisotopic (exact) mass is 1070 g/mol. The van der Waals surface area contributed by atoms with Crippen LogP contribution in [0.3, 0.4) is 0 Å². The average molecular weight is 1070 g/mol. The minimum absolute atomic E-state index is 0.0339. The van der Waals surface area contributed by atoms with Crippen LogP contribution in [-0.4, -0.2) is 74.9 Å². The summed E-state index contributed by atoms with van der Waals surface area (Å²) in [6.07, 6.45) is 68.5. The van der Waals surface area contributed by atoms with Crippen LogP contribution in [-0.2, 0) is 32.7 Å². The summed E-state index contributed by atoms with van der Waals surface area (Å²) in [6.45, 7) is 4.48. The van der Waals surface area contributed by atoms with Crippen LogP contribution in [0.1, 0.15) is 322 Å². The smallest absolute Gasteiger partial charge is 0.462 e. The number of allylic oxidation sites excluding steroid dienone is 4. The zero-order valence-corrected chi connectivity index (χ0v) is 50.8. The summed E-state index contributed by atoms with van der Waals surface area (Å²) in [4.78, 5) is 35.7. The lowest BCUT2D eigenvalue weighted by Gasteiger charge is -2.24. The Balaban J connectivity index is 3.98. The van der Waals surface area contributed by atoms with E-state index in [1.165, 1.54) is 257 Å². The highest BCUT2D eigenvalue weighted by molar-refractivity contribution is 7.47. The fourth-order valence-electron chi connectivity index (χ4n) is 9.48. The average Bonchev–Trinajstić information content (AvgIpc) is 3.36. The number of esters is 2. The van der Waals surface area contributed by atoms with Gasteiger partial charge in [-0.25, -0.2) is 4.57 Å². The van der Waals surface area contributed by atoms with Crippen molar-refractivity contribution in [3.8, 4) is 0 Å². The maximum Gasteiger partial charge on any atom is 0.472 e. The van der Waals surface area contributed by atoms with E-state index in [0.717, 1.165) is 32.1 Å². The Morgan fingerprint density at radius 3 is 1.00 bits per heavy atom. The number of ether oxygens (including phenoxy) is 2. The van der Waals surface area contributed by atoms with Crippen LogP contribution in [0.25, 0.3) is 0 Å².